The Balaban J connectivity index is 1.59. The van der Waals surface area contributed by atoms with Crippen LogP contribution in [0.1, 0.15) is 18.0 Å². The Labute approximate surface area is 230 Å². The van der Waals surface area contributed by atoms with Crippen molar-refractivity contribution in [2.24, 2.45) is 0 Å². The van der Waals surface area contributed by atoms with Gasteiger partial charge in [0.05, 0.1) is 35.0 Å². The first-order chi connectivity index (χ1) is 19.4. The van der Waals surface area contributed by atoms with Crippen molar-refractivity contribution < 1.29 is 44.2 Å². The number of hydrogen-bond acceptors (Lipinski definition) is 5. The molecule has 2 heterocycles. The summed E-state index contributed by atoms with van der Waals surface area (Å²) in [7, 11) is -4.56. The molecule has 0 radical (unpaired) electrons. The SMILES string of the molecule is O=S(=O)(Nc1cc(-c2cc(F)cc(OC(F)F)c2)ccc1-c1cnn(C2CCOC2)c1)c1cccc(C(F)(F)F)c1. The van der Waals surface area contributed by atoms with Crippen LogP contribution in [0.25, 0.3) is 22.3 Å². The summed E-state index contributed by atoms with van der Waals surface area (Å²) in [5.41, 5.74) is -0.124. The Bertz CT molecular complexity index is 1670. The van der Waals surface area contributed by atoms with Crippen molar-refractivity contribution in [2.75, 3.05) is 17.9 Å². The van der Waals surface area contributed by atoms with E-state index in [4.69, 9.17) is 4.74 Å². The fraction of sp³-hybridized carbons (Fsp3) is 0.222. The lowest BCUT2D eigenvalue weighted by Crippen LogP contribution is -2.15. The van der Waals surface area contributed by atoms with Crippen molar-refractivity contribution in [2.45, 2.75) is 30.1 Å². The second kappa shape index (κ2) is 11.1. The van der Waals surface area contributed by atoms with E-state index in [0.717, 1.165) is 42.8 Å². The van der Waals surface area contributed by atoms with Gasteiger partial charge in [-0.05, 0) is 53.9 Å². The minimum absolute atomic E-state index is 0.0335. The van der Waals surface area contributed by atoms with Gasteiger partial charge in [-0.25, -0.2) is 12.8 Å². The fourth-order valence-corrected chi connectivity index (χ4v) is 5.53. The summed E-state index contributed by atoms with van der Waals surface area (Å²) in [6.07, 6.45) is -0.887. The molecule has 5 rings (SSSR count). The number of anilines is 1. The number of rotatable bonds is 8. The van der Waals surface area contributed by atoms with Gasteiger partial charge in [-0.2, -0.15) is 27.1 Å². The molecule has 0 amide bonds. The highest BCUT2D eigenvalue weighted by molar-refractivity contribution is 7.92. The van der Waals surface area contributed by atoms with Crippen LogP contribution in [0.3, 0.4) is 0 Å². The first kappa shape index (κ1) is 28.5. The second-order valence-electron chi connectivity index (χ2n) is 9.17. The minimum atomic E-state index is -4.77. The van der Waals surface area contributed by atoms with Crippen molar-refractivity contribution in [3.63, 3.8) is 0 Å². The molecular formula is C27H21F6N3O4S. The summed E-state index contributed by atoms with van der Waals surface area (Å²) in [5, 5.41) is 4.34. The van der Waals surface area contributed by atoms with Gasteiger partial charge in [-0.1, -0.05) is 18.2 Å². The molecule has 4 aromatic rings. The van der Waals surface area contributed by atoms with Crippen LogP contribution >= 0.6 is 0 Å². The molecule has 3 aromatic carbocycles. The molecule has 0 bridgehead atoms. The van der Waals surface area contributed by atoms with Crippen LogP contribution < -0.4 is 9.46 Å². The van der Waals surface area contributed by atoms with Gasteiger partial charge in [-0.15, -0.1) is 0 Å². The summed E-state index contributed by atoms with van der Waals surface area (Å²) >= 11 is 0. The predicted molar refractivity (Wildman–Crippen MR) is 136 cm³/mol. The Morgan fingerprint density at radius 2 is 1.83 bits per heavy atom. The summed E-state index contributed by atoms with van der Waals surface area (Å²) in [4.78, 5) is -0.638. The van der Waals surface area contributed by atoms with E-state index in [9.17, 15) is 34.8 Å². The monoisotopic (exact) mass is 597 g/mol. The summed E-state index contributed by atoms with van der Waals surface area (Å²) in [5.74, 6) is -1.33. The van der Waals surface area contributed by atoms with Crippen LogP contribution in [0, 0.1) is 5.82 Å². The molecule has 1 unspecified atom stereocenters. The van der Waals surface area contributed by atoms with Crippen LogP contribution in [0.2, 0.25) is 0 Å². The van der Waals surface area contributed by atoms with Crippen molar-refractivity contribution in [1.82, 2.24) is 9.78 Å². The van der Waals surface area contributed by atoms with E-state index in [2.05, 4.69) is 14.6 Å². The lowest BCUT2D eigenvalue weighted by molar-refractivity contribution is -0.137. The molecule has 41 heavy (non-hydrogen) atoms. The fourth-order valence-electron chi connectivity index (χ4n) is 4.41. The number of nitrogens with zero attached hydrogens (tertiary/aromatic N) is 2. The number of aromatic nitrogens is 2. The van der Waals surface area contributed by atoms with Gasteiger partial charge in [0.1, 0.15) is 11.6 Å². The predicted octanol–water partition coefficient (Wildman–Crippen LogP) is 6.74. The van der Waals surface area contributed by atoms with Gasteiger partial charge in [0.15, 0.2) is 0 Å². The molecule has 0 saturated carbocycles. The van der Waals surface area contributed by atoms with Crippen LogP contribution in [-0.2, 0) is 20.9 Å². The van der Waals surface area contributed by atoms with E-state index in [0.29, 0.717) is 30.4 Å². The number of hydrogen-bond donors (Lipinski definition) is 1. The zero-order chi connectivity index (χ0) is 29.4. The number of nitrogens with one attached hydrogen (secondary N) is 1. The Kier molecular flexibility index (Phi) is 7.70. The van der Waals surface area contributed by atoms with Crippen LogP contribution in [-0.4, -0.2) is 38.0 Å². The maximum Gasteiger partial charge on any atom is 0.416 e. The molecule has 14 heteroatoms. The first-order valence-electron chi connectivity index (χ1n) is 12.1. The molecule has 1 atom stereocenters. The Morgan fingerprint density at radius 3 is 2.54 bits per heavy atom. The lowest BCUT2D eigenvalue weighted by Gasteiger charge is -2.16. The van der Waals surface area contributed by atoms with Crippen LogP contribution in [0.4, 0.5) is 32.0 Å². The smallest absolute Gasteiger partial charge is 0.416 e. The van der Waals surface area contributed by atoms with E-state index in [1.54, 1.807) is 10.9 Å². The lowest BCUT2D eigenvalue weighted by atomic mass is 10.00. The number of ether oxygens (including phenoxy) is 2. The molecule has 1 fully saturated rings. The Morgan fingerprint density at radius 1 is 1.02 bits per heavy atom. The average molecular weight is 598 g/mol. The zero-order valence-corrected chi connectivity index (χ0v) is 21.7. The van der Waals surface area contributed by atoms with E-state index < -0.39 is 44.8 Å². The molecule has 0 spiro atoms. The summed E-state index contributed by atoms with van der Waals surface area (Å²) in [6.45, 7) is -2.21. The molecule has 7 nitrogen and oxygen atoms in total. The standard InChI is InChI=1S/C27H21F6N3O4S/c28-20-8-17(9-22(12-20)40-26(29)30)16-4-5-24(18-13-34-36(14-18)21-6-7-39-15-21)25(10-16)35-41(37,38)23-3-1-2-19(11-23)27(31,32)33/h1-5,8-14,21,26,35H,6-7,15H2. The van der Waals surface area contributed by atoms with Gasteiger partial charge in [0, 0.05) is 30.0 Å². The summed E-state index contributed by atoms with van der Waals surface area (Å²) in [6, 6.07) is 10.5. The zero-order valence-electron chi connectivity index (χ0n) is 20.9. The highest BCUT2D eigenvalue weighted by atomic mass is 32.2. The highest BCUT2D eigenvalue weighted by Crippen LogP contribution is 2.37. The molecular weight excluding hydrogens is 576 g/mol. The average Bonchev–Trinajstić information content (AvgIpc) is 3.60. The van der Waals surface area contributed by atoms with Gasteiger partial charge in [0.25, 0.3) is 10.0 Å². The number of benzene rings is 3. The van der Waals surface area contributed by atoms with Crippen molar-refractivity contribution in [3.8, 4) is 28.0 Å². The highest BCUT2D eigenvalue weighted by Gasteiger charge is 2.32. The first-order valence-corrected chi connectivity index (χ1v) is 13.6. The van der Waals surface area contributed by atoms with Gasteiger partial charge < -0.3 is 9.47 Å². The van der Waals surface area contributed by atoms with Gasteiger partial charge in [-0.3, -0.25) is 9.40 Å². The maximum atomic E-state index is 14.2. The third-order valence-corrected chi connectivity index (χ3v) is 7.72. The quantitative estimate of drug-likeness (QED) is 0.228. The third kappa shape index (κ3) is 6.49. The van der Waals surface area contributed by atoms with E-state index in [1.807, 2.05) is 0 Å². The number of sulfonamides is 1. The molecule has 216 valence electrons. The number of alkyl halides is 5. The van der Waals surface area contributed by atoms with Gasteiger partial charge in [0.2, 0.25) is 0 Å². The largest absolute Gasteiger partial charge is 0.435 e. The molecule has 1 saturated heterocycles. The van der Waals surface area contributed by atoms with E-state index >= 15 is 0 Å². The van der Waals surface area contributed by atoms with Crippen LogP contribution in [0.15, 0.2) is 78.0 Å². The maximum absolute atomic E-state index is 14.2. The normalized spacial score (nSPS) is 15.8. The van der Waals surface area contributed by atoms with Gasteiger partial charge >= 0.3 is 12.8 Å². The van der Waals surface area contributed by atoms with Crippen molar-refractivity contribution >= 4 is 15.7 Å². The molecule has 1 aliphatic heterocycles. The molecule has 0 aliphatic carbocycles. The minimum Gasteiger partial charge on any atom is -0.435 e. The number of halogens is 6. The second-order valence-corrected chi connectivity index (χ2v) is 10.9. The molecule has 1 aliphatic rings. The van der Waals surface area contributed by atoms with E-state index in [1.165, 1.54) is 24.4 Å². The van der Waals surface area contributed by atoms with Crippen molar-refractivity contribution in [3.05, 3.63) is 84.4 Å². The molecule has 1 N–H and O–H groups in total. The van der Waals surface area contributed by atoms with E-state index in [-0.39, 0.29) is 22.9 Å². The molecule has 1 aromatic heterocycles. The summed E-state index contributed by atoms with van der Waals surface area (Å²) < 4.78 is 120. The Hall–Kier alpha value is -4.04. The third-order valence-electron chi connectivity index (χ3n) is 6.36. The van der Waals surface area contributed by atoms with Crippen LogP contribution in [0.5, 0.6) is 5.75 Å². The topological polar surface area (TPSA) is 82.5 Å². The van der Waals surface area contributed by atoms with Crippen molar-refractivity contribution in [1.29, 1.82) is 0 Å².